The van der Waals surface area contributed by atoms with Crippen molar-refractivity contribution in [1.29, 1.82) is 0 Å². The van der Waals surface area contributed by atoms with Gasteiger partial charge in [0.25, 0.3) is 0 Å². The molecule has 0 aliphatic carbocycles. The number of hydrogen-bond donors (Lipinski definition) is 0. The van der Waals surface area contributed by atoms with Crippen LogP contribution in [0.15, 0.2) is 18.2 Å². The fourth-order valence-corrected chi connectivity index (χ4v) is 1.25. The standard InChI is InChI=1S/C12H18O3/c1-10-5-6-11(14-3)9-12(10)15-8-4-7-13-2/h5-6,9H,4,7-8H2,1-3H3. The lowest BCUT2D eigenvalue weighted by Gasteiger charge is -2.10. The molecule has 3 nitrogen and oxygen atoms in total. The van der Waals surface area contributed by atoms with Crippen molar-refractivity contribution in [2.45, 2.75) is 13.3 Å². The van der Waals surface area contributed by atoms with E-state index in [1.54, 1.807) is 14.2 Å². The molecular weight excluding hydrogens is 192 g/mol. The zero-order chi connectivity index (χ0) is 11.1. The number of methoxy groups -OCH3 is 2. The maximum absolute atomic E-state index is 5.62. The highest BCUT2D eigenvalue weighted by molar-refractivity contribution is 5.39. The molecule has 0 aliphatic heterocycles. The van der Waals surface area contributed by atoms with E-state index in [0.29, 0.717) is 6.61 Å². The Morgan fingerprint density at radius 3 is 2.60 bits per heavy atom. The predicted molar refractivity (Wildman–Crippen MR) is 59.7 cm³/mol. The zero-order valence-electron chi connectivity index (χ0n) is 9.58. The summed E-state index contributed by atoms with van der Waals surface area (Å²) in [7, 11) is 3.34. The van der Waals surface area contributed by atoms with E-state index >= 15 is 0 Å². The summed E-state index contributed by atoms with van der Waals surface area (Å²) in [6.45, 7) is 3.41. The zero-order valence-corrected chi connectivity index (χ0v) is 9.58. The summed E-state index contributed by atoms with van der Waals surface area (Å²) in [5, 5.41) is 0. The molecule has 0 heterocycles. The van der Waals surface area contributed by atoms with Gasteiger partial charge in [0.2, 0.25) is 0 Å². The summed E-state index contributed by atoms with van der Waals surface area (Å²) >= 11 is 0. The maximum atomic E-state index is 5.62. The average Bonchev–Trinajstić information content (AvgIpc) is 2.26. The highest BCUT2D eigenvalue weighted by Crippen LogP contribution is 2.23. The second-order valence-electron chi connectivity index (χ2n) is 3.33. The Hall–Kier alpha value is -1.22. The second-order valence-corrected chi connectivity index (χ2v) is 3.33. The van der Waals surface area contributed by atoms with Crippen molar-refractivity contribution >= 4 is 0 Å². The molecule has 0 aromatic heterocycles. The van der Waals surface area contributed by atoms with Gasteiger partial charge in [-0.15, -0.1) is 0 Å². The van der Waals surface area contributed by atoms with Gasteiger partial charge in [-0.05, 0) is 18.6 Å². The van der Waals surface area contributed by atoms with Gasteiger partial charge in [0.05, 0.1) is 13.7 Å². The van der Waals surface area contributed by atoms with Crippen LogP contribution in [0.5, 0.6) is 11.5 Å². The van der Waals surface area contributed by atoms with E-state index in [-0.39, 0.29) is 0 Å². The summed E-state index contributed by atoms with van der Waals surface area (Å²) in [5.74, 6) is 1.70. The van der Waals surface area contributed by atoms with Gasteiger partial charge in [-0.1, -0.05) is 6.07 Å². The first-order valence-corrected chi connectivity index (χ1v) is 5.04. The quantitative estimate of drug-likeness (QED) is 0.675. The highest BCUT2D eigenvalue weighted by Gasteiger charge is 2.01. The van der Waals surface area contributed by atoms with Gasteiger partial charge in [-0.3, -0.25) is 0 Å². The molecule has 0 radical (unpaired) electrons. The Kier molecular flexibility index (Phi) is 4.98. The van der Waals surface area contributed by atoms with Crippen molar-refractivity contribution in [1.82, 2.24) is 0 Å². The molecule has 1 aromatic rings. The molecule has 1 rings (SSSR count). The van der Waals surface area contributed by atoms with Crippen LogP contribution in [0.2, 0.25) is 0 Å². The molecule has 0 saturated heterocycles. The van der Waals surface area contributed by atoms with E-state index < -0.39 is 0 Å². The third-order valence-electron chi connectivity index (χ3n) is 2.15. The molecule has 15 heavy (non-hydrogen) atoms. The molecule has 0 atom stereocenters. The van der Waals surface area contributed by atoms with E-state index in [2.05, 4.69) is 0 Å². The summed E-state index contributed by atoms with van der Waals surface area (Å²) < 4.78 is 15.7. The van der Waals surface area contributed by atoms with Crippen LogP contribution in [0.25, 0.3) is 0 Å². The second kappa shape index (κ2) is 6.30. The molecule has 84 valence electrons. The van der Waals surface area contributed by atoms with Gasteiger partial charge in [-0.2, -0.15) is 0 Å². The van der Waals surface area contributed by atoms with Crippen LogP contribution in [0, 0.1) is 6.92 Å². The van der Waals surface area contributed by atoms with Crippen molar-refractivity contribution in [3.63, 3.8) is 0 Å². The van der Waals surface area contributed by atoms with Crippen molar-refractivity contribution in [2.24, 2.45) is 0 Å². The lowest BCUT2D eigenvalue weighted by atomic mass is 10.2. The summed E-state index contributed by atoms with van der Waals surface area (Å²) in [6.07, 6.45) is 0.896. The Labute approximate surface area is 91.0 Å². The number of ether oxygens (including phenoxy) is 3. The van der Waals surface area contributed by atoms with Crippen molar-refractivity contribution in [3.8, 4) is 11.5 Å². The van der Waals surface area contributed by atoms with Gasteiger partial charge >= 0.3 is 0 Å². The minimum atomic E-state index is 0.668. The molecule has 3 heteroatoms. The van der Waals surface area contributed by atoms with Gasteiger partial charge in [0.1, 0.15) is 11.5 Å². The molecule has 0 saturated carbocycles. The number of benzene rings is 1. The smallest absolute Gasteiger partial charge is 0.125 e. The van der Waals surface area contributed by atoms with E-state index in [4.69, 9.17) is 14.2 Å². The first-order chi connectivity index (χ1) is 7.27. The fourth-order valence-electron chi connectivity index (χ4n) is 1.25. The summed E-state index contributed by atoms with van der Waals surface area (Å²) in [4.78, 5) is 0. The van der Waals surface area contributed by atoms with Crippen molar-refractivity contribution < 1.29 is 14.2 Å². The molecule has 1 aromatic carbocycles. The molecule has 0 N–H and O–H groups in total. The minimum absolute atomic E-state index is 0.668. The minimum Gasteiger partial charge on any atom is -0.497 e. The van der Waals surface area contributed by atoms with E-state index in [1.807, 2.05) is 25.1 Å². The molecule has 0 bridgehead atoms. The lowest BCUT2D eigenvalue weighted by Crippen LogP contribution is -2.02. The number of aryl methyl sites for hydroxylation is 1. The predicted octanol–water partition coefficient (Wildman–Crippen LogP) is 2.42. The molecule has 0 spiro atoms. The van der Waals surface area contributed by atoms with Crippen molar-refractivity contribution in [3.05, 3.63) is 23.8 Å². The van der Waals surface area contributed by atoms with Crippen LogP contribution in [-0.2, 0) is 4.74 Å². The van der Waals surface area contributed by atoms with Crippen LogP contribution >= 0.6 is 0 Å². The first-order valence-electron chi connectivity index (χ1n) is 5.04. The SMILES string of the molecule is COCCCOc1cc(OC)ccc1C. The van der Waals surface area contributed by atoms with Gasteiger partial charge in [0.15, 0.2) is 0 Å². The molecule has 0 amide bonds. The maximum Gasteiger partial charge on any atom is 0.125 e. The van der Waals surface area contributed by atoms with Gasteiger partial charge in [0, 0.05) is 26.2 Å². The number of rotatable bonds is 6. The average molecular weight is 210 g/mol. The van der Waals surface area contributed by atoms with Crippen LogP contribution in [-0.4, -0.2) is 27.4 Å². The molecular formula is C12H18O3. The Morgan fingerprint density at radius 2 is 1.93 bits per heavy atom. The van der Waals surface area contributed by atoms with Gasteiger partial charge < -0.3 is 14.2 Å². The normalized spacial score (nSPS) is 10.1. The monoisotopic (exact) mass is 210 g/mol. The summed E-state index contributed by atoms with van der Waals surface area (Å²) in [6, 6.07) is 5.82. The first kappa shape index (κ1) is 11.9. The molecule has 0 fully saturated rings. The Morgan fingerprint density at radius 1 is 1.13 bits per heavy atom. The largest absolute Gasteiger partial charge is 0.497 e. The van der Waals surface area contributed by atoms with Crippen molar-refractivity contribution in [2.75, 3.05) is 27.4 Å². The Balaban J connectivity index is 2.51. The van der Waals surface area contributed by atoms with Gasteiger partial charge in [-0.25, -0.2) is 0 Å². The third kappa shape index (κ3) is 3.80. The lowest BCUT2D eigenvalue weighted by molar-refractivity contribution is 0.172. The van der Waals surface area contributed by atoms with Crippen LogP contribution in [0.3, 0.4) is 0 Å². The van der Waals surface area contributed by atoms with Crippen LogP contribution in [0.1, 0.15) is 12.0 Å². The van der Waals surface area contributed by atoms with E-state index in [1.165, 1.54) is 0 Å². The summed E-state index contributed by atoms with van der Waals surface area (Å²) in [5.41, 5.74) is 1.12. The van der Waals surface area contributed by atoms with Crippen LogP contribution < -0.4 is 9.47 Å². The topological polar surface area (TPSA) is 27.7 Å². The van der Waals surface area contributed by atoms with E-state index in [0.717, 1.165) is 30.1 Å². The highest BCUT2D eigenvalue weighted by atomic mass is 16.5. The molecule has 0 aliphatic rings. The Bertz CT molecular complexity index is 297. The van der Waals surface area contributed by atoms with Crippen LogP contribution in [0.4, 0.5) is 0 Å². The number of hydrogen-bond acceptors (Lipinski definition) is 3. The fraction of sp³-hybridized carbons (Fsp3) is 0.500. The third-order valence-corrected chi connectivity index (χ3v) is 2.15. The van der Waals surface area contributed by atoms with E-state index in [9.17, 15) is 0 Å². The molecule has 0 unspecified atom stereocenters.